The molecular formula is C21H19BrClNO4. The summed E-state index contributed by atoms with van der Waals surface area (Å²) in [5.41, 5.74) is 1.35. The molecule has 0 saturated heterocycles. The highest BCUT2D eigenvalue weighted by Crippen LogP contribution is 2.28. The number of ether oxygens (including phenoxy) is 1. The van der Waals surface area contributed by atoms with E-state index in [0.29, 0.717) is 16.5 Å². The monoisotopic (exact) mass is 463 g/mol. The molecule has 0 aliphatic carbocycles. The second-order valence-corrected chi connectivity index (χ2v) is 7.31. The normalized spacial score (nSPS) is 12.3. The van der Waals surface area contributed by atoms with Crippen molar-refractivity contribution in [3.8, 4) is 17.6 Å². The lowest BCUT2D eigenvalue weighted by Gasteiger charge is -2.16. The summed E-state index contributed by atoms with van der Waals surface area (Å²) in [6.45, 7) is 3.30. The van der Waals surface area contributed by atoms with Gasteiger partial charge < -0.3 is 15.2 Å². The molecule has 5 nitrogen and oxygen atoms in total. The van der Waals surface area contributed by atoms with Crippen molar-refractivity contribution >= 4 is 45.1 Å². The topological polar surface area (TPSA) is 75.6 Å². The van der Waals surface area contributed by atoms with Crippen molar-refractivity contribution in [1.82, 2.24) is 0 Å². The van der Waals surface area contributed by atoms with Gasteiger partial charge in [-0.3, -0.25) is 9.59 Å². The van der Waals surface area contributed by atoms with E-state index in [4.69, 9.17) is 21.4 Å². The minimum Gasteiger partial charge on any atom is -0.481 e. The van der Waals surface area contributed by atoms with Crippen molar-refractivity contribution < 1.29 is 19.4 Å². The molecule has 0 aliphatic heterocycles. The fourth-order valence-corrected chi connectivity index (χ4v) is 3.18. The zero-order chi connectivity index (χ0) is 20.7. The summed E-state index contributed by atoms with van der Waals surface area (Å²) in [5.74, 6) is 4.42. The molecule has 0 radical (unpaired) electrons. The molecular weight excluding hydrogens is 446 g/mol. The Labute approximate surface area is 177 Å². The van der Waals surface area contributed by atoms with Gasteiger partial charge >= 0.3 is 5.97 Å². The van der Waals surface area contributed by atoms with Crippen molar-refractivity contribution in [2.45, 2.75) is 32.3 Å². The summed E-state index contributed by atoms with van der Waals surface area (Å²) in [7, 11) is 0. The van der Waals surface area contributed by atoms with Crippen molar-refractivity contribution in [2.24, 2.45) is 0 Å². The molecule has 0 aliphatic rings. The first-order chi connectivity index (χ1) is 13.3. The summed E-state index contributed by atoms with van der Waals surface area (Å²) in [6, 6.07) is 12.1. The maximum atomic E-state index is 12.4. The molecule has 1 amide bonds. The third-order valence-corrected chi connectivity index (χ3v) is 4.63. The van der Waals surface area contributed by atoms with E-state index in [1.807, 2.05) is 0 Å². The lowest BCUT2D eigenvalue weighted by Crippen LogP contribution is -2.30. The number of carbonyl (C=O) groups is 2. The summed E-state index contributed by atoms with van der Waals surface area (Å²) in [6.07, 6.45) is -0.838. The van der Waals surface area contributed by atoms with Crippen LogP contribution < -0.4 is 10.1 Å². The highest BCUT2D eigenvalue weighted by Gasteiger charge is 2.17. The number of benzene rings is 2. The van der Waals surface area contributed by atoms with E-state index >= 15 is 0 Å². The third-order valence-electron chi connectivity index (χ3n) is 3.84. The fourth-order valence-electron chi connectivity index (χ4n) is 2.46. The standard InChI is InChI=1S/C21H19BrClNO4/c1-3-4-15(11-20(25)26)14-5-8-17(9-6-14)24-21(27)13(2)28-19-10-7-16(22)12-18(19)23/h5-10,12-13,15H,11H2,1-2H3,(H,24,27)(H,25,26). The molecule has 146 valence electrons. The molecule has 0 aromatic heterocycles. The number of carboxylic acid groups (broad SMARTS) is 1. The van der Waals surface area contributed by atoms with E-state index in [1.54, 1.807) is 56.3 Å². The van der Waals surface area contributed by atoms with Gasteiger partial charge in [0.15, 0.2) is 6.10 Å². The van der Waals surface area contributed by atoms with Crippen LogP contribution in [-0.2, 0) is 9.59 Å². The van der Waals surface area contributed by atoms with Crippen LogP contribution in [-0.4, -0.2) is 23.1 Å². The molecule has 0 saturated carbocycles. The van der Waals surface area contributed by atoms with Gasteiger partial charge in [0.1, 0.15) is 5.75 Å². The van der Waals surface area contributed by atoms with E-state index in [2.05, 4.69) is 33.1 Å². The Balaban J connectivity index is 2.02. The lowest BCUT2D eigenvalue weighted by molar-refractivity contribution is -0.137. The minimum absolute atomic E-state index is 0.0780. The van der Waals surface area contributed by atoms with E-state index in [0.717, 1.165) is 10.0 Å². The smallest absolute Gasteiger partial charge is 0.304 e. The SMILES string of the molecule is CC#CC(CC(=O)O)c1ccc(NC(=O)C(C)Oc2ccc(Br)cc2Cl)cc1. The number of anilines is 1. The zero-order valence-corrected chi connectivity index (χ0v) is 17.7. The molecule has 0 spiro atoms. The summed E-state index contributed by atoms with van der Waals surface area (Å²) in [4.78, 5) is 23.4. The maximum Gasteiger partial charge on any atom is 0.304 e. The second-order valence-electron chi connectivity index (χ2n) is 5.99. The number of hydrogen-bond acceptors (Lipinski definition) is 3. The zero-order valence-electron chi connectivity index (χ0n) is 15.3. The van der Waals surface area contributed by atoms with Crippen LogP contribution in [0.5, 0.6) is 5.75 Å². The van der Waals surface area contributed by atoms with Crippen LogP contribution in [0.25, 0.3) is 0 Å². The van der Waals surface area contributed by atoms with E-state index < -0.39 is 18.0 Å². The summed E-state index contributed by atoms with van der Waals surface area (Å²) < 4.78 is 6.44. The molecule has 7 heteroatoms. The molecule has 2 rings (SSSR count). The number of carboxylic acids is 1. The van der Waals surface area contributed by atoms with Gasteiger partial charge in [-0.05, 0) is 49.7 Å². The van der Waals surface area contributed by atoms with Gasteiger partial charge in [0, 0.05) is 10.2 Å². The Morgan fingerprint density at radius 1 is 1.25 bits per heavy atom. The number of hydrogen-bond donors (Lipinski definition) is 2. The maximum absolute atomic E-state index is 12.4. The Kier molecular flexibility index (Phi) is 7.91. The number of aliphatic carboxylic acids is 1. The van der Waals surface area contributed by atoms with Crippen molar-refractivity contribution in [3.05, 3.63) is 57.5 Å². The van der Waals surface area contributed by atoms with Crippen LogP contribution in [0.4, 0.5) is 5.69 Å². The molecule has 0 heterocycles. The molecule has 2 unspecified atom stereocenters. The first-order valence-corrected chi connectivity index (χ1v) is 9.64. The molecule has 2 atom stereocenters. The lowest BCUT2D eigenvalue weighted by atomic mass is 9.96. The number of carbonyl (C=O) groups excluding carboxylic acids is 1. The molecule has 0 bridgehead atoms. The van der Waals surface area contributed by atoms with Gasteiger partial charge in [0.05, 0.1) is 17.4 Å². The number of amides is 1. The first kappa shape index (κ1) is 21.8. The summed E-state index contributed by atoms with van der Waals surface area (Å²) in [5, 5.41) is 12.2. The predicted molar refractivity (Wildman–Crippen MR) is 113 cm³/mol. The largest absolute Gasteiger partial charge is 0.481 e. The fraction of sp³-hybridized carbons (Fsp3) is 0.238. The Morgan fingerprint density at radius 2 is 1.93 bits per heavy atom. The highest BCUT2D eigenvalue weighted by molar-refractivity contribution is 9.10. The molecule has 0 fully saturated rings. The highest BCUT2D eigenvalue weighted by atomic mass is 79.9. The van der Waals surface area contributed by atoms with Crippen molar-refractivity contribution in [2.75, 3.05) is 5.32 Å². The van der Waals surface area contributed by atoms with Crippen molar-refractivity contribution in [3.63, 3.8) is 0 Å². The average molecular weight is 465 g/mol. The van der Waals surface area contributed by atoms with E-state index in [-0.39, 0.29) is 12.3 Å². The first-order valence-electron chi connectivity index (χ1n) is 8.46. The van der Waals surface area contributed by atoms with Gasteiger partial charge in [-0.2, -0.15) is 0 Å². The van der Waals surface area contributed by atoms with Gasteiger partial charge in [-0.25, -0.2) is 0 Å². The van der Waals surface area contributed by atoms with E-state index in [9.17, 15) is 9.59 Å². The van der Waals surface area contributed by atoms with Crippen LogP contribution in [0.3, 0.4) is 0 Å². The molecule has 2 N–H and O–H groups in total. The van der Waals surface area contributed by atoms with Crippen LogP contribution >= 0.6 is 27.5 Å². The molecule has 2 aromatic carbocycles. The van der Waals surface area contributed by atoms with Gasteiger partial charge in [0.25, 0.3) is 5.91 Å². The van der Waals surface area contributed by atoms with Crippen LogP contribution in [0.15, 0.2) is 46.9 Å². The summed E-state index contributed by atoms with van der Waals surface area (Å²) >= 11 is 9.42. The number of halogens is 2. The second kappa shape index (κ2) is 10.2. The number of rotatable bonds is 7. The van der Waals surface area contributed by atoms with Crippen LogP contribution in [0, 0.1) is 11.8 Å². The molecule has 28 heavy (non-hydrogen) atoms. The Hall–Kier alpha value is -2.49. The van der Waals surface area contributed by atoms with Gasteiger partial charge in [0.2, 0.25) is 0 Å². The van der Waals surface area contributed by atoms with Crippen LogP contribution in [0.2, 0.25) is 5.02 Å². The van der Waals surface area contributed by atoms with Crippen molar-refractivity contribution in [1.29, 1.82) is 0 Å². The quantitative estimate of drug-likeness (QED) is 0.560. The average Bonchev–Trinajstić information content (AvgIpc) is 2.64. The predicted octanol–water partition coefficient (Wildman–Crippen LogP) is 5.09. The molecule has 2 aromatic rings. The van der Waals surface area contributed by atoms with E-state index in [1.165, 1.54) is 0 Å². The minimum atomic E-state index is -0.914. The Morgan fingerprint density at radius 3 is 2.50 bits per heavy atom. The Bertz CT molecular complexity index is 918. The number of nitrogens with one attached hydrogen (secondary N) is 1. The van der Waals surface area contributed by atoms with Gasteiger partial charge in [-0.1, -0.05) is 45.6 Å². The third kappa shape index (κ3) is 6.29. The van der Waals surface area contributed by atoms with Crippen LogP contribution in [0.1, 0.15) is 31.7 Å². The van der Waals surface area contributed by atoms with Gasteiger partial charge in [-0.15, -0.1) is 5.92 Å².